The van der Waals surface area contributed by atoms with E-state index in [9.17, 15) is 4.79 Å². The second-order valence-electron chi connectivity index (χ2n) is 5.04. The van der Waals surface area contributed by atoms with E-state index in [-0.39, 0.29) is 12.5 Å². The van der Waals surface area contributed by atoms with E-state index >= 15 is 0 Å². The number of ether oxygens (including phenoxy) is 1. The Bertz CT molecular complexity index is 874. The van der Waals surface area contributed by atoms with E-state index in [1.807, 2.05) is 29.0 Å². The third-order valence-electron chi connectivity index (χ3n) is 3.48. The summed E-state index contributed by atoms with van der Waals surface area (Å²) in [6.45, 7) is 0.181. The number of carbonyl (C=O) groups excluding carboxylic acids is 1. The van der Waals surface area contributed by atoms with Crippen molar-refractivity contribution in [3.63, 3.8) is 0 Å². The summed E-state index contributed by atoms with van der Waals surface area (Å²) in [5.41, 5.74) is 1.49. The van der Waals surface area contributed by atoms with Crippen molar-refractivity contribution in [1.82, 2.24) is 4.57 Å². The maximum atomic E-state index is 12.3. The van der Waals surface area contributed by atoms with Gasteiger partial charge in [0.2, 0.25) is 5.91 Å². The standard InChI is InChI=1S/C17H14Cl2N2O2/c1-23-16-5-3-13(19)9-14(16)20-17(22)10-21-7-6-11-8-12(18)2-4-15(11)21/h2-9H,10H2,1H3,(H,20,22). The number of carbonyl (C=O) groups is 1. The van der Waals surface area contributed by atoms with Crippen LogP contribution < -0.4 is 10.1 Å². The molecule has 118 valence electrons. The van der Waals surface area contributed by atoms with E-state index in [1.54, 1.807) is 31.4 Å². The van der Waals surface area contributed by atoms with Crippen LogP contribution in [0.25, 0.3) is 10.9 Å². The molecule has 0 radical (unpaired) electrons. The summed E-state index contributed by atoms with van der Waals surface area (Å²) in [5.74, 6) is 0.393. The molecule has 0 aliphatic heterocycles. The Kier molecular flexibility index (Phi) is 4.46. The lowest BCUT2D eigenvalue weighted by Gasteiger charge is -2.11. The van der Waals surface area contributed by atoms with Gasteiger partial charge in [0.1, 0.15) is 12.3 Å². The average molecular weight is 349 g/mol. The van der Waals surface area contributed by atoms with Crippen LogP contribution in [0.4, 0.5) is 5.69 Å². The molecule has 3 rings (SSSR count). The molecular weight excluding hydrogens is 335 g/mol. The van der Waals surface area contributed by atoms with Gasteiger partial charge < -0.3 is 14.6 Å². The number of aromatic nitrogens is 1. The van der Waals surface area contributed by atoms with Crippen LogP contribution in [-0.2, 0) is 11.3 Å². The van der Waals surface area contributed by atoms with Crippen molar-refractivity contribution >= 4 is 45.7 Å². The van der Waals surface area contributed by atoms with Gasteiger partial charge in [0.15, 0.2) is 0 Å². The summed E-state index contributed by atoms with van der Waals surface area (Å²) in [4.78, 5) is 12.3. The molecule has 2 aromatic carbocycles. The van der Waals surface area contributed by atoms with Gasteiger partial charge in [-0.05, 0) is 42.5 Å². The Labute approximate surface area is 143 Å². The fraction of sp³-hybridized carbons (Fsp3) is 0.118. The number of nitrogens with one attached hydrogen (secondary N) is 1. The molecule has 1 heterocycles. The van der Waals surface area contributed by atoms with Gasteiger partial charge in [-0.25, -0.2) is 0 Å². The third-order valence-corrected chi connectivity index (χ3v) is 3.95. The number of rotatable bonds is 4. The lowest BCUT2D eigenvalue weighted by atomic mass is 10.2. The fourth-order valence-electron chi connectivity index (χ4n) is 2.43. The summed E-state index contributed by atoms with van der Waals surface area (Å²) in [7, 11) is 1.54. The molecule has 1 aromatic heterocycles. The van der Waals surface area contributed by atoms with Crippen molar-refractivity contribution in [2.24, 2.45) is 0 Å². The number of benzene rings is 2. The summed E-state index contributed by atoms with van der Waals surface area (Å²) in [6, 6.07) is 12.6. The predicted octanol–water partition coefficient (Wildman–Crippen LogP) is 4.60. The number of methoxy groups -OCH3 is 1. The van der Waals surface area contributed by atoms with E-state index in [0.717, 1.165) is 10.9 Å². The molecule has 0 saturated carbocycles. The molecule has 0 fully saturated rings. The van der Waals surface area contributed by atoms with Crippen LogP contribution in [0.5, 0.6) is 5.75 Å². The normalized spacial score (nSPS) is 10.7. The van der Waals surface area contributed by atoms with Crippen LogP contribution in [0.3, 0.4) is 0 Å². The summed E-state index contributed by atoms with van der Waals surface area (Å²) in [5, 5.41) is 5.01. The molecule has 6 heteroatoms. The molecule has 0 saturated heterocycles. The molecule has 0 aliphatic carbocycles. The molecule has 1 N–H and O–H groups in total. The lowest BCUT2D eigenvalue weighted by Crippen LogP contribution is -2.18. The average Bonchev–Trinajstić information content (AvgIpc) is 2.89. The Hall–Kier alpha value is -2.17. The van der Waals surface area contributed by atoms with Gasteiger partial charge in [-0.3, -0.25) is 4.79 Å². The minimum atomic E-state index is -0.169. The third kappa shape index (κ3) is 3.44. The Morgan fingerprint density at radius 3 is 2.65 bits per heavy atom. The first-order valence-electron chi connectivity index (χ1n) is 6.94. The van der Waals surface area contributed by atoms with Crippen LogP contribution in [-0.4, -0.2) is 17.6 Å². The molecule has 1 amide bonds. The minimum absolute atomic E-state index is 0.169. The van der Waals surface area contributed by atoms with Crippen LogP contribution in [0.15, 0.2) is 48.7 Å². The zero-order chi connectivity index (χ0) is 16.4. The number of hydrogen-bond donors (Lipinski definition) is 1. The summed E-state index contributed by atoms with van der Waals surface area (Å²) >= 11 is 11.9. The van der Waals surface area contributed by atoms with Crippen molar-refractivity contribution in [1.29, 1.82) is 0 Å². The van der Waals surface area contributed by atoms with Gasteiger partial charge in [-0.2, -0.15) is 0 Å². The molecule has 0 aliphatic rings. The van der Waals surface area contributed by atoms with Crippen LogP contribution in [0, 0.1) is 0 Å². The van der Waals surface area contributed by atoms with Gasteiger partial charge in [0.05, 0.1) is 12.8 Å². The van der Waals surface area contributed by atoms with Crippen molar-refractivity contribution in [3.05, 3.63) is 58.7 Å². The summed E-state index contributed by atoms with van der Waals surface area (Å²) < 4.78 is 7.08. The molecular formula is C17H14Cl2N2O2. The maximum Gasteiger partial charge on any atom is 0.244 e. The molecule has 0 bridgehead atoms. The minimum Gasteiger partial charge on any atom is -0.495 e. The van der Waals surface area contributed by atoms with Crippen molar-refractivity contribution in [3.8, 4) is 5.75 Å². The molecule has 0 atom stereocenters. The Balaban J connectivity index is 1.80. The number of nitrogens with zero attached hydrogens (tertiary/aromatic N) is 1. The zero-order valence-electron chi connectivity index (χ0n) is 12.3. The number of fused-ring (bicyclic) bond motifs is 1. The van der Waals surface area contributed by atoms with Crippen LogP contribution >= 0.6 is 23.2 Å². The van der Waals surface area contributed by atoms with Crippen molar-refractivity contribution < 1.29 is 9.53 Å². The molecule has 0 spiro atoms. The predicted molar refractivity (Wildman–Crippen MR) is 93.6 cm³/mol. The first kappa shape index (κ1) is 15.7. The van der Waals surface area contributed by atoms with E-state index in [4.69, 9.17) is 27.9 Å². The van der Waals surface area contributed by atoms with Crippen LogP contribution in [0.2, 0.25) is 10.0 Å². The molecule has 3 aromatic rings. The second kappa shape index (κ2) is 6.52. The summed E-state index contributed by atoms with van der Waals surface area (Å²) in [6.07, 6.45) is 1.86. The highest BCUT2D eigenvalue weighted by atomic mass is 35.5. The smallest absolute Gasteiger partial charge is 0.244 e. The van der Waals surface area contributed by atoms with Gasteiger partial charge in [0, 0.05) is 27.1 Å². The van der Waals surface area contributed by atoms with Gasteiger partial charge in [-0.15, -0.1) is 0 Å². The van der Waals surface area contributed by atoms with Crippen LogP contribution in [0.1, 0.15) is 0 Å². The molecule has 4 nitrogen and oxygen atoms in total. The van der Waals surface area contributed by atoms with E-state index in [0.29, 0.717) is 21.5 Å². The highest BCUT2D eigenvalue weighted by Gasteiger charge is 2.10. The molecule has 0 unspecified atom stereocenters. The topological polar surface area (TPSA) is 43.3 Å². The quantitative estimate of drug-likeness (QED) is 0.748. The number of amides is 1. The SMILES string of the molecule is COc1ccc(Cl)cc1NC(=O)Cn1ccc2cc(Cl)ccc21. The lowest BCUT2D eigenvalue weighted by molar-refractivity contribution is -0.116. The van der Waals surface area contributed by atoms with Gasteiger partial charge >= 0.3 is 0 Å². The molecule has 23 heavy (non-hydrogen) atoms. The Morgan fingerprint density at radius 1 is 1.13 bits per heavy atom. The second-order valence-corrected chi connectivity index (χ2v) is 5.91. The number of anilines is 1. The first-order valence-corrected chi connectivity index (χ1v) is 7.70. The highest BCUT2D eigenvalue weighted by molar-refractivity contribution is 6.31. The van der Waals surface area contributed by atoms with Crippen molar-refractivity contribution in [2.75, 3.05) is 12.4 Å². The first-order chi connectivity index (χ1) is 11.1. The van der Waals surface area contributed by atoms with E-state index < -0.39 is 0 Å². The van der Waals surface area contributed by atoms with E-state index in [2.05, 4.69) is 5.32 Å². The van der Waals surface area contributed by atoms with Gasteiger partial charge in [0.25, 0.3) is 0 Å². The highest BCUT2D eigenvalue weighted by Crippen LogP contribution is 2.28. The number of hydrogen-bond acceptors (Lipinski definition) is 2. The van der Waals surface area contributed by atoms with E-state index in [1.165, 1.54) is 0 Å². The maximum absolute atomic E-state index is 12.3. The fourth-order valence-corrected chi connectivity index (χ4v) is 2.78. The number of halogens is 2. The van der Waals surface area contributed by atoms with Gasteiger partial charge in [-0.1, -0.05) is 23.2 Å². The monoisotopic (exact) mass is 348 g/mol. The zero-order valence-corrected chi connectivity index (χ0v) is 13.9. The Morgan fingerprint density at radius 2 is 1.87 bits per heavy atom. The van der Waals surface area contributed by atoms with Crippen molar-refractivity contribution in [2.45, 2.75) is 6.54 Å². The largest absolute Gasteiger partial charge is 0.495 e.